The number of aryl methyl sites for hydroxylation is 1. The lowest BCUT2D eigenvalue weighted by atomic mass is 10.0. The van der Waals surface area contributed by atoms with E-state index in [9.17, 15) is 4.79 Å². The third-order valence-electron chi connectivity index (χ3n) is 3.79. The molecule has 2 aromatic rings. The number of alkyl carbamates (subject to hydrolysis) is 1. The van der Waals surface area contributed by atoms with Crippen LogP contribution in [0, 0.1) is 0 Å². The van der Waals surface area contributed by atoms with Gasteiger partial charge in [0.15, 0.2) is 0 Å². The van der Waals surface area contributed by atoms with Crippen LogP contribution in [0.25, 0.3) is 5.69 Å². The first-order valence-electron chi connectivity index (χ1n) is 7.26. The van der Waals surface area contributed by atoms with Crippen molar-refractivity contribution < 1.29 is 9.53 Å². The van der Waals surface area contributed by atoms with E-state index in [1.165, 1.54) is 25.6 Å². The number of amides is 1. The molecule has 1 aromatic carbocycles. The smallest absolute Gasteiger partial charge is 0.407 e. The molecule has 0 fully saturated rings. The highest BCUT2D eigenvalue weighted by atomic mass is 16.5. The summed E-state index contributed by atoms with van der Waals surface area (Å²) in [4.78, 5) is 16.0. The lowest BCUT2D eigenvalue weighted by Crippen LogP contribution is -2.24. The fourth-order valence-corrected chi connectivity index (χ4v) is 2.82. The van der Waals surface area contributed by atoms with Gasteiger partial charge in [0.05, 0.1) is 19.3 Å². The molecular formula is C16H19N3O2. The van der Waals surface area contributed by atoms with Crippen molar-refractivity contribution in [2.45, 2.75) is 32.2 Å². The summed E-state index contributed by atoms with van der Waals surface area (Å²) in [7, 11) is 1.37. The molecule has 21 heavy (non-hydrogen) atoms. The van der Waals surface area contributed by atoms with E-state index in [0.717, 1.165) is 30.0 Å². The Balaban J connectivity index is 1.98. The molecule has 0 saturated heterocycles. The van der Waals surface area contributed by atoms with Gasteiger partial charge in [0.1, 0.15) is 5.82 Å². The zero-order valence-electron chi connectivity index (χ0n) is 12.1. The highest BCUT2D eigenvalue weighted by molar-refractivity contribution is 5.66. The van der Waals surface area contributed by atoms with Crippen LogP contribution in [0.5, 0.6) is 0 Å². The van der Waals surface area contributed by atoms with Gasteiger partial charge >= 0.3 is 6.09 Å². The van der Waals surface area contributed by atoms with Crippen LogP contribution in [0.1, 0.15) is 30.1 Å². The summed E-state index contributed by atoms with van der Waals surface area (Å²) in [6.07, 6.45) is 3.99. The molecule has 0 spiro atoms. The SMILES string of the molecule is COC(=O)NCc1nc2c(n1-c1ccccc1)CCCC2. The molecule has 1 heterocycles. The lowest BCUT2D eigenvalue weighted by molar-refractivity contribution is 0.170. The molecule has 1 N–H and O–H groups in total. The molecule has 0 unspecified atom stereocenters. The van der Waals surface area contributed by atoms with Crippen molar-refractivity contribution in [2.24, 2.45) is 0 Å². The maximum absolute atomic E-state index is 11.3. The molecule has 0 bridgehead atoms. The number of carbonyl (C=O) groups is 1. The van der Waals surface area contributed by atoms with Gasteiger partial charge in [-0.2, -0.15) is 0 Å². The number of imidazole rings is 1. The minimum absolute atomic E-state index is 0.370. The molecule has 0 aliphatic heterocycles. The second kappa shape index (κ2) is 5.99. The van der Waals surface area contributed by atoms with Crippen molar-refractivity contribution in [3.63, 3.8) is 0 Å². The topological polar surface area (TPSA) is 56.1 Å². The first-order valence-corrected chi connectivity index (χ1v) is 7.26. The average molecular weight is 285 g/mol. The van der Waals surface area contributed by atoms with Gasteiger partial charge in [0.2, 0.25) is 0 Å². The minimum Gasteiger partial charge on any atom is -0.453 e. The van der Waals surface area contributed by atoms with Gasteiger partial charge < -0.3 is 10.1 Å². The number of ether oxygens (including phenoxy) is 1. The van der Waals surface area contributed by atoms with Crippen LogP contribution in [0.2, 0.25) is 0 Å². The number of rotatable bonds is 3. The van der Waals surface area contributed by atoms with Crippen molar-refractivity contribution in [3.05, 3.63) is 47.5 Å². The minimum atomic E-state index is -0.435. The van der Waals surface area contributed by atoms with Crippen LogP contribution < -0.4 is 5.32 Å². The van der Waals surface area contributed by atoms with Gasteiger partial charge in [-0.25, -0.2) is 9.78 Å². The van der Waals surface area contributed by atoms with E-state index in [2.05, 4.69) is 26.8 Å². The monoisotopic (exact) mass is 285 g/mol. The van der Waals surface area contributed by atoms with Gasteiger partial charge in [-0.05, 0) is 37.8 Å². The quantitative estimate of drug-likeness (QED) is 0.943. The van der Waals surface area contributed by atoms with E-state index in [1.807, 2.05) is 18.2 Å². The molecule has 110 valence electrons. The van der Waals surface area contributed by atoms with Gasteiger partial charge in [-0.15, -0.1) is 0 Å². The first-order chi connectivity index (χ1) is 10.3. The zero-order chi connectivity index (χ0) is 14.7. The predicted octanol–water partition coefficient (Wildman–Crippen LogP) is 2.61. The number of fused-ring (bicyclic) bond motifs is 1. The molecule has 0 radical (unpaired) electrons. The molecule has 1 amide bonds. The first kappa shape index (κ1) is 13.7. The van der Waals surface area contributed by atoms with E-state index in [-0.39, 0.29) is 0 Å². The zero-order valence-corrected chi connectivity index (χ0v) is 12.1. The summed E-state index contributed by atoms with van der Waals surface area (Å²) in [6.45, 7) is 0.370. The number of methoxy groups -OCH3 is 1. The molecule has 5 heteroatoms. The standard InChI is InChI=1S/C16H19N3O2/c1-21-16(20)17-11-15-18-13-9-5-6-10-14(13)19(15)12-7-3-2-4-8-12/h2-4,7-8H,5-6,9-11H2,1H3,(H,17,20). The van der Waals surface area contributed by atoms with Crippen molar-refractivity contribution in [1.82, 2.24) is 14.9 Å². The summed E-state index contributed by atoms with van der Waals surface area (Å²) in [5.74, 6) is 0.860. The number of nitrogens with one attached hydrogen (secondary N) is 1. The van der Waals surface area contributed by atoms with E-state index in [1.54, 1.807) is 0 Å². The molecular weight excluding hydrogens is 266 g/mol. The number of aromatic nitrogens is 2. The van der Waals surface area contributed by atoms with E-state index < -0.39 is 6.09 Å². The molecule has 3 rings (SSSR count). The van der Waals surface area contributed by atoms with Crippen LogP contribution in [0.4, 0.5) is 4.79 Å². The van der Waals surface area contributed by atoms with Crippen LogP contribution in [0.3, 0.4) is 0 Å². The number of nitrogens with zero attached hydrogens (tertiary/aromatic N) is 2. The maximum atomic E-state index is 11.3. The fourth-order valence-electron chi connectivity index (χ4n) is 2.82. The molecule has 0 saturated carbocycles. The largest absolute Gasteiger partial charge is 0.453 e. The van der Waals surface area contributed by atoms with Crippen molar-refractivity contribution in [3.8, 4) is 5.69 Å². The molecule has 0 atom stereocenters. The number of hydrogen-bond donors (Lipinski definition) is 1. The van der Waals surface area contributed by atoms with Crippen LogP contribution in [-0.2, 0) is 24.1 Å². The number of para-hydroxylation sites is 1. The fraction of sp³-hybridized carbons (Fsp3) is 0.375. The summed E-state index contributed by atoms with van der Waals surface area (Å²) in [5.41, 5.74) is 3.52. The second-order valence-corrected chi connectivity index (χ2v) is 5.14. The number of carbonyl (C=O) groups excluding carboxylic acids is 1. The van der Waals surface area contributed by atoms with Crippen molar-refractivity contribution in [2.75, 3.05) is 7.11 Å². The lowest BCUT2D eigenvalue weighted by Gasteiger charge is -2.15. The van der Waals surface area contributed by atoms with Crippen molar-refractivity contribution in [1.29, 1.82) is 0 Å². The normalized spacial score (nSPS) is 13.6. The Bertz CT molecular complexity index is 634. The van der Waals surface area contributed by atoms with Gasteiger partial charge in [0.25, 0.3) is 0 Å². The van der Waals surface area contributed by atoms with Gasteiger partial charge in [-0.1, -0.05) is 18.2 Å². The highest BCUT2D eigenvalue weighted by Crippen LogP contribution is 2.25. The molecule has 1 aromatic heterocycles. The Morgan fingerprint density at radius 3 is 2.81 bits per heavy atom. The Hall–Kier alpha value is -2.30. The summed E-state index contributed by atoms with van der Waals surface area (Å²) in [6, 6.07) is 10.2. The molecule has 5 nitrogen and oxygen atoms in total. The highest BCUT2D eigenvalue weighted by Gasteiger charge is 2.21. The van der Waals surface area contributed by atoms with Gasteiger partial charge in [-0.3, -0.25) is 4.57 Å². The maximum Gasteiger partial charge on any atom is 0.407 e. The Kier molecular flexibility index (Phi) is 3.90. The van der Waals surface area contributed by atoms with Crippen LogP contribution >= 0.6 is 0 Å². The van der Waals surface area contributed by atoms with Crippen molar-refractivity contribution >= 4 is 6.09 Å². The van der Waals surface area contributed by atoms with E-state index >= 15 is 0 Å². The number of benzene rings is 1. The van der Waals surface area contributed by atoms with Crippen LogP contribution in [0.15, 0.2) is 30.3 Å². The third-order valence-corrected chi connectivity index (χ3v) is 3.79. The Morgan fingerprint density at radius 2 is 2.05 bits per heavy atom. The second-order valence-electron chi connectivity index (χ2n) is 5.14. The van der Waals surface area contributed by atoms with E-state index in [4.69, 9.17) is 4.98 Å². The predicted molar refractivity (Wildman–Crippen MR) is 79.5 cm³/mol. The molecule has 1 aliphatic rings. The average Bonchev–Trinajstić information content (AvgIpc) is 2.91. The molecule has 1 aliphatic carbocycles. The van der Waals surface area contributed by atoms with Gasteiger partial charge in [0, 0.05) is 11.4 Å². The van der Waals surface area contributed by atoms with E-state index in [0.29, 0.717) is 6.54 Å². The summed E-state index contributed by atoms with van der Waals surface area (Å²) >= 11 is 0. The Labute approximate surface area is 124 Å². The summed E-state index contributed by atoms with van der Waals surface area (Å²) in [5, 5.41) is 2.72. The van der Waals surface area contributed by atoms with Crippen LogP contribution in [-0.4, -0.2) is 22.8 Å². The third kappa shape index (κ3) is 2.77. The summed E-state index contributed by atoms with van der Waals surface area (Å²) < 4.78 is 6.80. The number of hydrogen-bond acceptors (Lipinski definition) is 3. The Morgan fingerprint density at radius 1 is 1.29 bits per heavy atom.